The summed E-state index contributed by atoms with van der Waals surface area (Å²) in [5.74, 6) is 0.129. The number of aromatic amines is 1. The minimum absolute atomic E-state index is 0.322. The van der Waals surface area contributed by atoms with Crippen molar-refractivity contribution in [3.05, 3.63) is 53.3 Å². The van der Waals surface area contributed by atoms with Crippen LogP contribution in [-0.4, -0.2) is 9.97 Å². The Labute approximate surface area is 124 Å². The third kappa shape index (κ3) is 2.98. The highest BCUT2D eigenvalue weighted by Crippen LogP contribution is 2.24. The normalized spacial score (nSPS) is 10.7. The van der Waals surface area contributed by atoms with Crippen molar-refractivity contribution < 1.29 is 4.39 Å². The number of hydrogen-bond donors (Lipinski definition) is 2. The van der Waals surface area contributed by atoms with Crippen molar-refractivity contribution >= 4 is 28.5 Å². The van der Waals surface area contributed by atoms with Gasteiger partial charge < -0.3 is 10.7 Å². The smallest absolute Gasteiger partial charge is 0.166 e. The summed E-state index contributed by atoms with van der Waals surface area (Å²) in [6.45, 7) is 0. The highest BCUT2D eigenvalue weighted by atomic mass is 32.2. The number of nitrogens with zero attached hydrogens (tertiary/aromatic N) is 2. The summed E-state index contributed by atoms with van der Waals surface area (Å²) in [6.07, 6.45) is 0. The summed E-state index contributed by atoms with van der Waals surface area (Å²) in [5, 5.41) is 9.57. The number of imidazole rings is 1. The zero-order valence-corrected chi connectivity index (χ0v) is 11.7. The summed E-state index contributed by atoms with van der Waals surface area (Å²) in [6, 6.07) is 11.7. The van der Waals surface area contributed by atoms with Crippen LogP contribution in [0, 0.1) is 17.1 Å². The molecule has 2 aromatic carbocycles. The van der Waals surface area contributed by atoms with Gasteiger partial charge >= 0.3 is 0 Å². The minimum atomic E-state index is -0.401. The lowest BCUT2D eigenvalue weighted by Crippen LogP contribution is -1.87. The molecule has 1 heterocycles. The van der Waals surface area contributed by atoms with Gasteiger partial charge in [0, 0.05) is 11.4 Å². The lowest BCUT2D eigenvalue weighted by molar-refractivity contribution is 0.626. The molecule has 0 bridgehead atoms. The molecular formula is C15H11FN4S. The van der Waals surface area contributed by atoms with Gasteiger partial charge in [0.15, 0.2) is 5.16 Å². The summed E-state index contributed by atoms with van der Waals surface area (Å²) in [4.78, 5) is 7.59. The number of nitrogen functional groups attached to an aromatic ring is 1. The Kier molecular flexibility index (Phi) is 3.50. The van der Waals surface area contributed by atoms with E-state index in [0.29, 0.717) is 17.0 Å². The van der Waals surface area contributed by atoms with E-state index in [1.807, 2.05) is 18.2 Å². The van der Waals surface area contributed by atoms with E-state index >= 15 is 0 Å². The van der Waals surface area contributed by atoms with Crippen LogP contribution >= 0.6 is 11.8 Å². The zero-order chi connectivity index (χ0) is 14.8. The molecule has 3 N–H and O–H groups in total. The van der Waals surface area contributed by atoms with Crippen LogP contribution in [0.4, 0.5) is 10.1 Å². The van der Waals surface area contributed by atoms with Crippen molar-refractivity contribution in [1.29, 1.82) is 5.26 Å². The van der Waals surface area contributed by atoms with Crippen molar-refractivity contribution in [3.63, 3.8) is 0 Å². The molecule has 6 heteroatoms. The van der Waals surface area contributed by atoms with Gasteiger partial charge in [-0.2, -0.15) is 5.26 Å². The number of nitrogens with one attached hydrogen (secondary N) is 1. The molecule has 3 aromatic rings. The Morgan fingerprint density at radius 1 is 1.29 bits per heavy atom. The first-order valence-corrected chi connectivity index (χ1v) is 7.20. The summed E-state index contributed by atoms with van der Waals surface area (Å²) in [5.41, 5.74) is 9.17. The SMILES string of the molecule is N#Cc1cc(F)cc(CSc2nc3ccc(N)cc3[nH]2)c1. The van der Waals surface area contributed by atoms with E-state index in [9.17, 15) is 4.39 Å². The third-order valence-electron chi connectivity index (χ3n) is 2.95. The monoisotopic (exact) mass is 298 g/mol. The fourth-order valence-electron chi connectivity index (χ4n) is 2.02. The molecule has 0 aliphatic heterocycles. The molecule has 0 aliphatic rings. The summed E-state index contributed by atoms with van der Waals surface area (Å²) in [7, 11) is 0. The second-order valence-corrected chi connectivity index (χ2v) is 5.53. The first kappa shape index (κ1) is 13.5. The van der Waals surface area contributed by atoms with Crippen LogP contribution in [0.1, 0.15) is 11.1 Å². The van der Waals surface area contributed by atoms with Crippen molar-refractivity contribution in [1.82, 2.24) is 9.97 Å². The molecule has 0 spiro atoms. The predicted molar refractivity (Wildman–Crippen MR) is 81.2 cm³/mol. The van der Waals surface area contributed by atoms with E-state index < -0.39 is 5.82 Å². The molecule has 21 heavy (non-hydrogen) atoms. The number of benzene rings is 2. The number of rotatable bonds is 3. The van der Waals surface area contributed by atoms with Gasteiger partial charge in [0.05, 0.1) is 22.7 Å². The van der Waals surface area contributed by atoms with E-state index in [0.717, 1.165) is 21.8 Å². The standard InChI is InChI=1S/C15H11FN4S/c16-11-4-9(7-17)3-10(5-11)8-21-15-19-13-2-1-12(18)6-14(13)20-15/h1-6H,8,18H2,(H,19,20). The number of thioether (sulfide) groups is 1. The van der Waals surface area contributed by atoms with Gasteiger partial charge in [-0.1, -0.05) is 11.8 Å². The van der Waals surface area contributed by atoms with Gasteiger partial charge in [-0.05, 0) is 42.0 Å². The first-order valence-electron chi connectivity index (χ1n) is 6.21. The molecule has 0 atom stereocenters. The maximum atomic E-state index is 13.4. The topological polar surface area (TPSA) is 78.5 Å². The lowest BCUT2D eigenvalue weighted by Gasteiger charge is -2.00. The maximum absolute atomic E-state index is 13.4. The van der Waals surface area contributed by atoms with Crippen LogP contribution < -0.4 is 5.73 Å². The number of anilines is 1. The summed E-state index contributed by atoms with van der Waals surface area (Å²) >= 11 is 1.45. The quantitative estimate of drug-likeness (QED) is 0.573. The third-order valence-corrected chi connectivity index (χ3v) is 3.89. The van der Waals surface area contributed by atoms with E-state index in [1.165, 1.54) is 23.9 Å². The van der Waals surface area contributed by atoms with Crippen LogP contribution in [0.2, 0.25) is 0 Å². The van der Waals surface area contributed by atoms with Crippen molar-refractivity contribution in [3.8, 4) is 6.07 Å². The second-order valence-electron chi connectivity index (χ2n) is 4.57. The predicted octanol–water partition coefficient (Wildman–Crippen LogP) is 3.45. The van der Waals surface area contributed by atoms with E-state index in [1.54, 1.807) is 12.1 Å². The number of nitriles is 1. The Balaban J connectivity index is 1.80. The highest BCUT2D eigenvalue weighted by Gasteiger charge is 2.06. The lowest BCUT2D eigenvalue weighted by atomic mass is 10.1. The molecule has 4 nitrogen and oxygen atoms in total. The fraction of sp³-hybridized carbons (Fsp3) is 0.0667. The molecule has 0 amide bonds. The molecule has 0 unspecified atom stereocenters. The Bertz CT molecular complexity index is 850. The molecule has 1 aromatic heterocycles. The molecular weight excluding hydrogens is 287 g/mol. The Morgan fingerprint density at radius 3 is 2.95 bits per heavy atom. The Hall–Kier alpha value is -2.52. The number of halogens is 1. The van der Waals surface area contributed by atoms with E-state index in [4.69, 9.17) is 11.0 Å². The number of aromatic nitrogens is 2. The highest BCUT2D eigenvalue weighted by molar-refractivity contribution is 7.98. The van der Waals surface area contributed by atoms with Gasteiger partial charge in [-0.25, -0.2) is 9.37 Å². The van der Waals surface area contributed by atoms with Crippen LogP contribution in [0.15, 0.2) is 41.6 Å². The second kappa shape index (κ2) is 5.46. The number of hydrogen-bond acceptors (Lipinski definition) is 4. The van der Waals surface area contributed by atoms with E-state index in [2.05, 4.69) is 9.97 Å². The van der Waals surface area contributed by atoms with Crippen molar-refractivity contribution in [2.24, 2.45) is 0 Å². The summed E-state index contributed by atoms with van der Waals surface area (Å²) < 4.78 is 13.4. The molecule has 0 saturated heterocycles. The molecule has 3 rings (SSSR count). The molecule has 0 radical (unpaired) electrons. The van der Waals surface area contributed by atoms with Gasteiger partial charge in [-0.15, -0.1) is 0 Å². The average molecular weight is 298 g/mol. The van der Waals surface area contributed by atoms with Gasteiger partial charge in [0.25, 0.3) is 0 Å². The molecule has 0 saturated carbocycles. The largest absolute Gasteiger partial charge is 0.399 e. The van der Waals surface area contributed by atoms with Gasteiger partial charge in [0.2, 0.25) is 0 Å². The van der Waals surface area contributed by atoms with Crippen LogP contribution in [-0.2, 0) is 5.75 Å². The number of fused-ring (bicyclic) bond motifs is 1. The molecule has 0 fully saturated rings. The number of nitrogens with two attached hydrogens (primary N) is 1. The van der Waals surface area contributed by atoms with Crippen LogP contribution in [0.3, 0.4) is 0 Å². The van der Waals surface area contributed by atoms with E-state index in [-0.39, 0.29) is 0 Å². The van der Waals surface area contributed by atoms with Crippen molar-refractivity contribution in [2.45, 2.75) is 10.9 Å². The average Bonchev–Trinajstić information content (AvgIpc) is 2.86. The van der Waals surface area contributed by atoms with Gasteiger partial charge in [0.1, 0.15) is 5.82 Å². The van der Waals surface area contributed by atoms with Crippen LogP contribution in [0.25, 0.3) is 11.0 Å². The fourth-order valence-corrected chi connectivity index (χ4v) is 2.84. The molecule has 0 aliphatic carbocycles. The molecule has 104 valence electrons. The zero-order valence-electron chi connectivity index (χ0n) is 10.9. The van der Waals surface area contributed by atoms with Gasteiger partial charge in [-0.3, -0.25) is 0 Å². The van der Waals surface area contributed by atoms with Crippen molar-refractivity contribution in [2.75, 3.05) is 5.73 Å². The maximum Gasteiger partial charge on any atom is 0.166 e. The first-order chi connectivity index (χ1) is 10.1. The Morgan fingerprint density at radius 2 is 2.14 bits per heavy atom. The van der Waals surface area contributed by atoms with Crippen LogP contribution in [0.5, 0.6) is 0 Å². The minimum Gasteiger partial charge on any atom is -0.399 e. The number of H-pyrrole nitrogens is 1.